The van der Waals surface area contributed by atoms with E-state index in [9.17, 15) is 4.79 Å². The molecule has 0 radical (unpaired) electrons. The first-order valence-corrected chi connectivity index (χ1v) is 8.90. The average molecular weight is 380 g/mol. The molecule has 27 heavy (non-hydrogen) atoms. The fourth-order valence-corrected chi connectivity index (χ4v) is 2.50. The number of Topliss-reactive ketones (excluding diaryl/α,β-unsaturated/α-hetero) is 1. The molecule has 0 bridgehead atoms. The number of nitrogens with zero attached hydrogens (tertiary/aromatic N) is 2. The molecule has 2 N–H and O–H groups in total. The minimum absolute atomic E-state index is 0.0792. The molecule has 1 aromatic carbocycles. The largest absolute Gasteiger partial charge is 0.494 e. The number of likely N-dealkylation sites (N-methyl/N-ethyl adjacent to an activating group) is 1. The van der Waals surface area contributed by atoms with Crippen LogP contribution in [0.15, 0.2) is 24.3 Å². The van der Waals surface area contributed by atoms with Crippen LogP contribution < -0.4 is 4.74 Å². The Bertz CT molecular complexity index is 614. The van der Waals surface area contributed by atoms with Crippen LogP contribution in [0.2, 0.25) is 0 Å². The van der Waals surface area contributed by atoms with E-state index in [0.29, 0.717) is 5.56 Å². The molecule has 0 unspecified atom stereocenters. The van der Waals surface area contributed by atoms with E-state index in [1.807, 2.05) is 24.3 Å². The Labute approximate surface area is 159 Å². The highest BCUT2D eigenvalue weighted by atomic mass is 16.5. The molecule has 1 aromatic rings. The van der Waals surface area contributed by atoms with Crippen LogP contribution in [-0.4, -0.2) is 84.1 Å². The molecule has 0 spiro atoms. The van der Waals surface area contributed by atoms with Crippen molar-refractivity contribution in [1.82, 2.24) is 9.80 Å². The number of hydrogen-bond donors (Lipinski definition) is 2. The summed E-state index contributed by atoms with van der Waals surface area (Å²) in [6.07, 6.45) is 2.22. The molecule has 1 saturated heterocycles. The summed E-state index contributed by atoms with van der Waals surface area (Å²) in [6, 6.07) is 7.43. The van der Waals surface area contributed by atoms with E-state index < -0.39 is 11.9 Å². The number of carbonyl (C=O) groups is 3. The third-order valence-electron chi connectivity index (χ3n) is 4.16. The van der Waals surface area contributed by atoms with E-state index in [-0.39, 0.29) is 5.78 Å². The third kappa shape index (κ3) is 9.72. The summed E-state index contributed by atoms with van der Waals surface area (Å²) in [5.41, 5.74) is 0.713. The SMILES string of the molecule is CC(=O)c1cccc(OCCCCN2CCN(C)CC2)c1.O=C(O)C(=O)O. The van der Waals surface area contributed by atoms with Crippen LogP contribution in [0.25, 0.3) is 0 Å². The van der Waals surface area contributed by atoms with Gasteiger partial charge in [0.25, 0.3) is 0 Å². The highest BCUT2D eigenvalue weighted by Crippen LogP contribution is 2.14. The maximum absolute atomic E-state index is 11.3. The monoisotopic (exact) mass is 380 g/mol. The molecule has 1 fully saturated rings. The maximum Gasteiger partial charge on any atom is 0.414 e. The lowest BCUT2D eigenvalue weighted by molar-refractivity contribution is -0.159. The first kappa shape index (κ1) is 22.6. The van der Waals surface area contributed by atoms with E-state index in [2.05, 4.69) is 16.8 Å². The molecule has 2 rings (SSSR count). The van der Waals surface area contributed by atoms with Crippen LogP contribution in [0, 0.1) is 0 Å². The Morgan fingerprint density at radius 2 is 1.67 bits per heavy atom. The fraction of sp³-hybridized carbons (Fsp3) is 0.526. The van der Waals surface area contributed by atoms with E-state index >= 15 is 0 Å². The summed E-state index contributed by atoms with van der Waals surface area (Å²) < 4.78 is 5.72. The van der Waals surface area contributed by atoms with Gasteiger partial charge in [-0.1, -0.05) is 12.1 Å². The molecule has 150 valence electrons. The molecule has 8 nitrogen and oxygen atoms in total. The standard InChI is InChI=1S/C17H26N2O2.C2H2O4/c1-15(20)16-6-5-7-17(14-16)21-13-4-3-8-19-11-9-18(2)10-12-19;3-1(4)2(5)6/h5-7,14H,3-4,8-13H2,1-2H3;(H,3,4)(H,5,6). The lowest BCUT2D eigenvalue weighted by Gasteiger charge is -2.32. The highest BCUT2D eigenvalue weighted by Gasteiger charge is 2.12. The lowest BCUT2D eigenvalue weighted by Crippen LogP contribution is -2.44. The predicted octanol–water partition coefficient (Wildman–Crippen LogP) is 1.45. The molecule has 1 aliphatic heterocycles. The van der Waals surface area contributed by atoms with Crippen LogP contribution in [0.5, 0.6) is 5.75 Å². The summed E-state index contributed by atoms with van der Waals surface area (Å²) in [6.45, 7) is 8.16. The molecule has 8 heteroatoms. The van der Waals surface area contributed by atoms with Gasteiger partial charge in [-0.2, -0.15) is 0 Å². The van der Waals surface area contributed by atoms with Crippen molar-refractivity contribution >= 4 is 17.7 Å². The normalized spacial score (nSPS) is 14.7. The zero-order valence-electron chi connectivity index (χ0n) is 15.9. The molecule has 1 aliphatic rings. The van der Waals surface area contributed by atoms with Crippen molar-refractivity contribution in [2.24, 2.45) is 0 Å². The number of benzene rings is 1. The third-order valence-corrected chi connectivity index (χ3v) is 4.16. The quantitative estimate of drug-likeness (QED) is 0.416. The first-order valence-electron chi connectivity index (χ1n) is 8.90. The number of carboxylic acids is 2. The second-order valence-corrected chi connectivity index (χ2v) is 6.39. The average Bonchev–Trinajstić information content (AvgIpc) is 2.63. The zero-order chi connectivity index (χ0) is 20.2. The second-order valence-electron chi connectivity index (χ2n) is 6.39. The molecule has 0 aliphatic carbocycles. The van der Waals surface area contributed by atoms with E-state index in [4.69, 9.17) is 24.5 Å². The van der Waals surface area contributed by atoms with Crippen molar-refractivity contribution in [3.8, 4) is 5.75 Å². The molecule has 0 amide bonds. The number of hydrogen-bond acceptors (Lipinski definition) is 6. The van der Waals surface area contributed by atoms with Crippen molar-refractivity contribution in [2.45, 2.75) is 19.8 Å². The van der Waals surface area contributed by atoms with Gasteiger partial charge in [0.2, 0.25) is 0 Å². The van der Waals surface area contributed by atoms with Gasteiger partial charge in [-0.05, 0) is 45.5 Å². The van der Waals surface area contributed by atoms with Gasteiger partial charge in [-0.15, -0.1) is 0 Å². The zero-order valence-corrected chi connectivity index (χ0v) is 15.9. The van der Waals surface area contributed by atoms with E-state index in [0.717, 1.165) is 31.7 Å². The van der Waals surface area contributed by atoms with Crippen molar-refractivity contribution < 1.29 is 29.3 Å². The summed E-state index contributed by atoms with van der Waals surface area (Å²) in [5, 5.41) is 14.8. The van der Waals surface area contributed by atoms with Gasteiger partial charge in [0.1, 0.15) is 5.75 Å². The van der Waals surface area contributed by atoms with Crippen LogP contribution in [-0.2, 0) is 9.59 Å². The number of aliphatic carboxylic acids is 2. The number of carbonyl (C=O) groups excluding carboxylic acids is 1. The Morgan fingerprint density at radius 3 is 2.22 bits per heavy atom. The molecular formula is C19H28N2O6. The van der Waals surface area contributed by atoms with Gasteiger partial charge in [0, 0.05) is 31.7 Å². The first-order chi connectivity index (χ1) is 12.8. The molecular weight excluding hydrogens is 352 g/mol. The summed E-state index contributed by atoms with van der Waals surface area (Å²) in [7, 11) is 2.18. The number of rotatable bonds is 7. The Hall–Kier alpha value is -2.45. The van der Waals surface area contributed by atoms with Crippen LogP contribution in [0.4, 0.5) is 0 Å². The van der Waals surface area contributed by atoms with Crippen LogP contribution in [0.3, 0.4) is 0 Å². The molecule has 0 saturated carbocycles. The smallest absolute Gasteiger partial charge is 0.414 e. The Balaban J connectivity index is 0.000000527. The van der Waals surface area contributed by atoms with E-state index in [1.54, 1.807) is 6.92 Å². The van der Waals surface area contributed by atoms with Gasteiger partial charge < -0.3 is 24.7 Å². The number of ketones is 1. The maximum atomic E-state index is 11.3. The summed E-state index contributed by atoms with van der Waals surface area (Å²) >= 11 is 0. The number of ether oxygens (including phenoxy) is 1. The second kappa shape index (κ2) is 12.0. The van der Waals surface area contributed by atoms with Crippen molar-refractivity contribution in [3.63, 3.8) is 0 Å². The minimum Gasteiger partial charge on any atom is -0.494 e. The lowest BCUT2D eigenvalue weighted by atomic mass is 10.1. The van der Waals surface area contributed by atoms with Gasteiger partial charge in [-0.25, -0.2) is 9.59 Å². The topological polar surface area (TPSA) is 107 Å². The molecule has 0 atom stereocenters. The van der Waals surface area contributed by atoms with E-state index in [1.165, 1.54) is 26.2 Å². The van der Waals surface area contributed by atoms with Crippen LogP contribution >= 0.6 is 0 Å². The molecule has 0 aromatic heterocycles. The van der Waals surface area contributed by atoms with Crippen LogP contribution in [0.1, 0.15) is 30.1 Å². The predicted molar refractivity (Wildman–Crippen MR) is 100 cm³/mol. The Morgan fingerprint density at radius 1 is 1.04 bits per heavy atom. The number of unbranched alkanes of at least 4 members (excludes halogenated alkanes) is 1. The fourth-order valence-electron chi connectivity index (χ4n) is 2.50. The van der Waals surface area contributed by atoms with Gasteiger partial charge in [-0.3, -0.25) is 4.79 Å². The minimum atomic E-state index is -1.82. The Kier molecular flexibility index (Phi) is 10.1. The summed E-state index contributed by atoms with van der Waals surface area (Å²) in [4.78, 5) is 34.4. The summed E-state index contributed by atoms with van der Waals surface area (Å²) in [5.74, 6) is -2.78. The van der Waals surface area contributed by atoms with Crippen molar-refractivity contribution in [3.05, 3.63) is 29.8 Å². The van der Waals surface area contributed by atoms with Gasteiger partial charge in [0.15, 0.2) is 5.78 Å². The van der Waals surface area contributed by atoms with Crippen molar-refractivity contribution in [1.29, 1.82) is 0 Å². The molecule has 1 heterocycles. The number of piperazine rings is 1. The van der Waals surface area contributed by atoms with Crippen molar-refractivity contribution in [2.75, 3.05) is 46.4 Å². The number of carboxylic acid groups (broad SMARTS) is 2. The van der Waals surface area contributed by atoms with Gasteiger partial charge >= 0.3 is 11.9 Å². The highest BCUT2D eigenvalue weighted by molar-refractivity contribution is 6.27. The van der Waals surface area contributed by atoms with Gasteiger partial charge in [0.05, 0.1) is 6.61 Å².